The number of furan rings is 1. The summed E-state index contributed by atoms with van der Waals surface area (Å²) in [6.45, 7) is 2.20. The van der Waals surface area contributed by atoms with Gasteiger partial charge in [-0.3, -0.25) is 0 Å². The fourth-order valence-corrected chi connectivity index (χ4v) is 1.66. The van der Waals surface area contributed by atoms with Crippen molar-refractivity contribution >= 4 is 5.65 Å². The van der Waals surface area contributed by atoms with Gasteiger partial charge in [0.25, 0.3) is 0 Å². The number of aryl methyl sites for hydroxylation is 1. The van der Waals surface area contributed by atoms with Crippen LogP contribution in [0.4, 0.5) is 0 Å². The molecule has 0 spiro atoms. The normalized spacial score (nSPS) is 11.2. The van der Waals surface area contributed by atoms with E-state index < -0.39 is 0 Å². The summed E-state index contributed by atoms with van der Waals surface area (Å²) in [4.78, 5) is 0. The number of hydrogen-bond donors (Lipinski definition) is 1. The first kappa shape index (κ1) is 9.98. The Morgan fingerprint density at radius 1 is 1.24 bits per heavy atom. The van der Waals surface area contributed by atoms with Crippen molar-refractivity contribution in [2.45, 2.75) is 13.5 Å². The second kappa shape index (κ2) is 3.67. The molecule has 3 heterocycles. The third kappa shape index (κ3) is 1.58. The van der Waals surface area contributed by atoms with Crippen LogP contribution >= 0.6 is 0 Å². The average Bonchev–Trinajstić information content (AvgIpc) is 2.94. The average molecular weight is 229 g/mol. The molecule has 6 nitrogen and oxygen atoms in total. The lowest BCUT2D eigenvalue weighted by Crippen LogP contribution is -2.05. The maximum Gasteiger partial charge on any atom is 0.178 e. The summed E-state index contributed by atoms with van der Waals surface area (Å²) in [6, 6.07) is 7.47. The summed E-state index contributed by atoms with van der Waals surface area (Å²) < 4.78 is 7.15. The minimum absolute atomic E-state index is 0.300. The van der Waals surface area contributed by atoms with Gasteiger partial charge in [0.05, 0.1) is 6.54 Å². The van der Waals surface area contributed by atoms with Crippen molar-refractivity contribution in [2.24, 2.45) is 5.73 Å². The SMILES string of the molecule is Cc1ccc(-c2ccc3nnc(CN)n3n2)o1. The Balaban J connectivity index is 2.18. The number of fused-ring (bicyclic) bond motifs is 1. The van der Waals surface area contributed by atoms with Crippen LogP contribution in [0.3, 0.4) is 0 Å². The molecule has 0 aliphatic carbocycles. The molecule has 0 radical (unpaired) electrons. The largest absolute Gasteiger partial charge is 0.460 e. The fourth-order valence-electron chi connectivity index (χ4n) is 1.66. The van der Waals surface area contributed by atoms with E-state index in [1.807, 2.05) is 31.2 Å². The van der Waals surface area contributed by atoms with Crippen molar-refractivity contribution in [1.29, 1.82) is 0 Å². The highest BCUT2D eigenvalue weighted by Crippen LogP contribution is 2.19. The Morgan fingerprint density at radius 3 is 2.82 bits per heavy atom. The second-order valence-electron chi connectivity index (χ2n) is 3.72. The molecule has 86 valence electrons. The third-order valence-corrected chi connectivity index (χ3v) is 2.50. The van der Waals surface area contributed by atoms with E-state index >= 15 is 0 Å². The van der Waals surface area contributed by atoms with Crippen molar-refractivity contribution in [1.82, 2.24) is 19.8 Å². The zero-order valence-electron chi connectivity index (χ0n) is 9.29. The van der Waals surface area contributed by atoms with Crippen LogP contribution in [-0.4, -0.2) is 19.8 Å². The molecule has 0 aromatic carbocycles. The Morgan fingerprint density at radius 2 is 2.12 bits per heavy atom. The van der Waals surface area contributed by atoms with Crippen molar-refractivity contribution in [2.75, 3.05) is 0 Å². The highest BCUT2D eigenvalue weighted by Gasteiger charge is 2.09. The summed E-state index contributed by atoms with van der Waals surface area (Å²) in [5, 5.41) is 12.3. The van der Waals surface area contributed by atoms with Gasteiger partial charge in [-0.05, 0) is 31.2 Å². The second-order valence-corrected chi connectivity index (χ2v) is 3.72. The summed E-state index contributed by atoms with van der Waals surface area (Å²) in [5.41, 5.74) is 6.98. The quantitative estimate of drug-likeness (QED) is 0.712. The van der Waals surface area contributed by atoms with Crippen LogP contribution < -0.4 is 5.73 Å². The Kier molecular flexibility index (Phi) is 2.15. The van der Waals surface area contributed by atoms with E-state index in [1.54, 1.807) is 4.52 Å². The minimum Gasteiger partial charge on any atom is -0.460 e. The Labute approximate surface area is 97.1 Å². The van der Waals surface area contributed by atoms with Gasteiger partial charge in [-0.2, -0.15) is 9.61 Å². The molecule has 0 atom stereocenters. The first-order valence-electron chi connectivity index (χ1n) is 5.26. The molecule has 3 rings (SSSR count). The number of rotatable bonds is 2. The first-order chi connectivity index (χ1) is 8.28. The molecule has 3 aromatic rings. The molecule has 0 aliphatic rings. The van der Waals surface area contributed by atoms with Crippen molar-refractivity contribution in [3.05, 3.63) is 35.9 Å². The molecule has 3 aromatic heterocycles. The van der Waals surface area contributed by atoms with Crippen molar-refractivity contribution < 1.29 is 4.42 Å². The maximum atomic E-state index is 5.57. The van der Waals surface area contributed by atoms with Gasteiger partial charge in [0, 0.05) is 0 Å². The van der Waals surface area contributed by atoms with E-state index in [9.17, 15) is 0 Å². The van der Waals surface area contributed by atoms with Crippen LogP contribution in [-0.2, 0) is 6.54 Å². The molecule has 0 fully saturated rings. The Hall–Kier alpha value is -2.21. The molecule has 0 unspecified atom stereocenters. The van der Waals surface area contributed by atoms with E-state index in [1.165, 1.54) is 0 Å². The zero-order valence-corrected chi connectivity index (χ0v) is 9.29. The number of nitrogens with zero attached hydrogens (tertiary/aromatic N) is 4. The standard InChI is InChI=1S/C11H11N5O/c1-7-2-4-9(17-7)8-3-5-10-13-14-11(6-12)16(10)15-8/h2-5H,6,12H2,1H3. The van der Waals surface area contributed by atoms with Crippen molar-refractivity contribution in [3.8, 4) is 11.5 Å². The lowest BCUT2D eigenvalue weighted by atomic mass is 10.3. The molecule has 2 N–H and O–H groups in total. The molecule has 0 saturated heterocycles. The lowest BCUT2D eigenvalue weighted by Gasteiger charge is -1.99. The van der Waals surface area contributed by atoms with Gasteiger partial charge in [-0.15, -0.1) is 10.2 Å². The minimum atomic E-state index is 0.300. The van der Waals surface area contributed by atoms with E-state index in [0.29, 0.717) is 18.0 Å². The highest BCUT2D eigenvalue weighted by atomic mass is 16.3. The molecular weight excluding hydrogens is 218 g/mol. The monoisotopic (exact) mass is 229 g/mol. The van der Waals surface area contributed by atoms with Crippen molar-refractivity contribution in [3.63, 3.8) is 0 Å². The number of aromatic nitrogens is 4. The predicted molar refractivity (Wildman–Crippen MR) is 61.1 cm³/mol. The predicted octanol–water partition coefficient (Wildman–Crippen LogP) is 1.15. The van der Waals surface area contributed by atoms with Gasteiger partial charge in [0.2, 0.25) is 0 Å². The summed E-state index contributed by atoms with van der Waals surface area (Å²) in [6.07, 6.45) is 0. The molecule has 17 heavy (non-hydrogen) atoms. The first-order valence-corrected chi connectivity index (χ1v) is 5.26. The lowest BCUT2D eigenvalue weighted by molar-refractivity contribution is 0.545. The molecule has 6 heteroatoms. The van der Waals surface area contributed by atoms with E-state index in [0.717, 1.165) is 17.2 Å². The molecule has 0 aliphatic heterocycles. The van der Waals surface area contributed by atoms with Crippen LogP contribution in [0.25, 0.3) is 17.1 Å². The van der Waals surface area contributed by atoms with Crippen LogP contribution in [0.2, 0.25) is 0 Å². The molecule has 0 amide bonds. The smallest absolute Gasteiger partial charge is 0.178 e. The third-order valence-electron chi connectivity index (χ3n) is 2.50. The van der Waals surface area contributed by atoms with Crippen LogP contribution in [0.15, 0.2) is 28.7 Å². The summed E-state index contributed by atoms with van der Waals surface area (Å²) in [7, 11) is 0. The van der Waals surface area contributed by atoms with Gasteiger partial charge in [0.1, 0.15) is 11.5 Å². The number of nitrogens with two attached hydrogens (primary N) is 1. The van der Waals surface area contributed by atoms with Gasteiger partial charge < -0.3 is 10.2 Å². The number of hydrogen-bond acceptors (Lipinski definition) is 5. The summed E-state index contributed by atoms with van der Waals surface area (Å²) in [5.74, 6) is 2.20. The molecular formula is C11H11N5O. The van der Waals surface area contributed by atoms with Crippen LogP contribution in [0, 0.1) is 6.92 Å². The van der Waals surface area contributed by atoms with E-state index in [-0.39, 0.29) is 0 Å². The molecule has 0 bridgehead atoms. The van der Waals surface area contributed by atoms with Gasteiger partial charge in [-0.25, -0.2) is 0 Å². The zero-order chi connectivity index (χ0) is 11.8. The van der Waals surface area contributed by atoms with Gasteiger partial charge in [-0.1, -0.05) is 0 Å². The van der Waals surface area contributed by atoms with Gasteiger partial charge >= 0.3 is 0 Å². The van der Waals surface area contributed by atoms with E-state index in [4.69, 9.17) is 10.2 Å². The fraction of sp³-hybridized carbons (Fsp3) is 0.182. The maximum absolute atomic E-state index is 5.57. The summed E-state index contributed by atoms with van der Waals surface area (Å²) >= 11 is 0. The van der Waals surface area contributed by atoms with Crippen LogP contribution in [0.5, 0.6) is 0 Å². The van der Waals surface area contributed by atoms with Crippen LogP contribution in [0.1, 0.15) is 11.6 Å². The van der Waals surface area contributed by atoms with Gasteiger partial charge in [0.15, 0.2) is 17.2 Å². The Bertz CT molecular complexity index is 669. The molecule has 0 saturated carbocycles. The highest BCUT2D eigenvalue weighted by molar-refractivity contribution is 5.54. The van der Waals surface area contributed by atoms with E-state index in [2.05, 4.69) is 15.3 Å². The topological polar surface area (TPSA) is 82.2 Å².